The molecule has 6 nitrogen and oxygen atoms in total. The molecular weight excluding hydrogens is 254 g/mol. The highest BCUT2D eigenvalue weighted by atomic mass is 16.5. The minimum atomic E-state index is 0.469. The van der Waals surface area contributed by atoms with E-state index in [1.165, 1.54) is 6.33 Å². The van der Waals surface area contributed by atoms with E-state index in [-0.39, 0.29) is 0 Å². The Morgan fingerprint density at radius 2 is 1.95 bits per heavy atom. The molecule has 1 heterocycles. The molecule has 0 aliphatic carbocycles. The van der Waals surface area contributed by atoms with E-state index in [9.17, 15) is 0 Å². The standard InChI is InChI=1S/C14H27N5O/c1-6-20-14-12(15)13(16-10-17-14)19(9-11(2)3)8-7-18(4)5/h10-11H,6-9,15H2,1-5H3. The van der Waals surface area contributed by atoms with Gasteiger partial charge in [0.2, 0.25) is 5.88 Å². The Bertz CT molecular complexity index is 409. The number of ether oxygens (including phenoxy) is 1. The second kappa shape index (κ2) is 7.89. The van der Waals surface area contributed by atoms with Gasteiger partial charge < -0.3 is 20.3 Å². The Labute approximate surface area is 121 Å². The Kier molecular flexibility index (Phi) is 6.51. The summed E-state index contributed by atoms with van der Waals surface area (Å²) in [5.74, 6) is 1.76. The van der Waals surface area contributed by atoms with Crippen molar-refractivity contribution in [3.8, 4) is 5.88 Å². The van der Waals surface area contributed by atoms with E-state index < -0.39 is 0 Å². The molecule has 0 aromatic carbocycles. The average molecular weight is 281 g/mol. The topological polar surface area (TPSA) is 67.5 Å². The van der Waals surface area contributed by atoms with E-state index >= 15 is 0 Å². The van der Waals surface area contributed by atoms with Gasteiger partial charge in [-0.3, -0.25) is 0 Å². The first-order valence-electron chi connectivity index (χ1n) is 7.08. The maximum Gasteiger partial charge on any atom is 0.242 e. The van der Waals surface area contributed by atoms with E-state index in [2.05, 4.69) is 47.7 Å². The van der Waals surface area contributed by atoms with Crippen LogP contribution in [0.1, 0.15) is 20.8 Å². The van der Waals surface area contributed by atoms with Crippen molar-refractivity contribution in [3.05, 3.63) is 6.33 Å². The summed E-state index contributed by atoms with van der Waals surface area (Å²) in [4.78, 5) is 12.8. The first-order valence-corrected chi connectivity index (χ1v) is 7.08. The van der Waals surface area contributed by atoms with Crippen molar-refractivity contribution in [2.75, 3.05) is 51.0 Å². The summed E-state index contributed by atoms with van der Waals surface area (Å²) in [6.07, 6.45) is 1.51. The largest absolute Gasteiger partial charge is 0.476 e. The van der Waals surface area contributed by atoms with Gasteiger partial charge in [0.1, 0.15) is 12.0 Å². The van der Waals surface area contributed by atoms with Gasteiger partial charge in [0.25, 0.3) is 0 Å². The number of nitrogens with two attached hydrogens (primary N) is 1. The lowest BCUT2D eigenvalue weighted by Gasteiger charge is -2.28. The van der Waals surface area contributed by atoms with Crippen molar-refractivity contribution in [1.29, 1.82) is 0 Å². The predicted molar refractivity (Wildman–Crippen MR) is 83.2 cm³/mol. The lowest BCUT2D eigenvalue weighted by Crippen LogP contribution is -2.35. The van der Waals surface area contributed by atoms with Crippen LogP contribution in [0.3, 0.4) is 0 Å². The molecular formula is C14H27N5O. The fourth-order valence-electron chi connectivity index (χ4n) is 1.92. The molecule has 0 aliphatic heterocycles. The molecule has 0 amide bonds. The SMILES string of the molecule is CCOc1ncnc(N(CCN(C)C)CC(C)C)c1N. The van der Waals surface area contributed by atoms with Crippen LogP contribution in [-0.4, -0.2) is 55.2 Å². The van der Waals surface area contributed by atoms with E-state index in [4.69, 9.17) is 10.5 Å². The van der Waals surface area contributed by atoms with E-state index in [1.54, 1.807) is 0 Å². The molecule has 1 rings (SSSR count). The van der Waals surface area contributed by atoms with Gasteiger partial charge >= 0.3 is 0 Å². The van der Waals surface area contributed by atoms with Gasteiger partial charge in [0.15, 0.2) is 5.82 Å². The highest BCUT2D eigenvalue weighted by molar-refractivity contribution is 5.67. The van der Waals surface area contributed by atoms with E-state index in [0.717, 1.165) is 25.5 Å². The van der Waals surface area contributed by atoms with Crippen molar-refractivity contribution >= 4 is 11.5 Å². The number of anilines is 2. The summed E-state index contributed by atoms with van der Waals surface area (Å²) in [5, 5.41) is 0. The molecule has 6 heteroatoms. The summed E-state index contributed by atoms with van der Waals surface area (Å²) in [6, 6.07) is 0. The molecule has 0 bridgehead atoms. The molecule has 2 N–H and O–H groups in total. The second-order valence-electron chi connectivity index (χ2n) is 5.49. The maximum atomic E-state index is 6.15. The van der Waals surface area contributed by atoms with Gasteiger partial charge in [-0.05, 0) is 26.9 Å². The summed E-state index contributed by atoms with van der Waals surface area (Å²) in [7, 11) is 4.12. The van der Waals surface area contributed by atoms with Crippen LogP contribution < -0.4 is 15.4 Å². The number of likely N-dealkylation sites (N-methyl/N-ethyl adjacent to an activating group) is 1. The number of nitrogens with zero attached hydrogens (tertiary/aromatic N) is 4. The number of rotatable bonds is 8. The van der Waals surface area contributed by atoms with Gasteiger partial charge in [-0.15, -0.1) is 0 Å². The van der Waals surface area contributed by atoms with Crippen molar-refractivity contribution < 1.29 is 4.74 Å². The summed E-state index contributed by atoms with van der Waals surface area (Å²) >= 11 is 0. The summed E-state index contributed by atoms with van der Waals surface area (Å²) in [6.45, 7) is 9.55. The zero-order chi connectivity index (χ0) is 15.1. The molecule has 0 saturated carbocycles. The molecule has 0 fully saturated rings. The zero-order valence-electron chi connectivity index (χ0n) is 13.3. The summed E-state index contributed by atoms with van der Waals surface area (Å²) in [5.41, 5.74) is 6.67. The number of nitrogen functional groups attached to an aromatic ring is 1. The Morgan fingerprint density at radius 3 is 2.50 bits per heavy atom. The van der Waals surface area contributed by atoms with Crippen LogP contribution >= 0.6 is 0 Å². The van der Waals surface area contributed by atoms with Gasteiger partial charge in [-0.2, -0.15) is 4.98 Å². The molecule has 1 aromatic rings. The Morgan fingerprint density at radius 1 is 1.25 bits per heavy atom. The fourth-order valence-corrected chi connectivity index (χ4v) is 1.92. The lowest BCUT2D eigenvalue weighted by molar-refractivity contribution is 0.328. The van der Waals surface area contributed by atoms with Crippen LogP contribution in [0.25, 0.3) is 0 Å². The van der Waals surface area contributed by atoms with Crippen LogP contribution in [0.2, 0.25) is 0 Å². The van der Waals surface area contributed by atoms with Gasteiger partial charge in [0.05, 0.1) is 6.61 Å². The molecule has 0 aliphatic rings. The molecule has 1 aromatic heterocycles. The molecule has 0 radical (unpaired) electrons. The first-order chi connectivity index (χ1) is 9.45. The second-order valence-corrected chi connectivity index (χ2v) is 5.49. The molecule has 0 saturated heterocycles. The van der Waals surface area contributed by atoms with E-state index in [0.29, 0.717) is 24.1 Å². The normalized spacial score (nSPS) is 11.2. The quantitative estimate of drug-likeness (QED) is 0.778. The van der Waals surface area contributed by atoms with Crippen LogP contribution in [0, 0.1) is 5.92 Å². The molecule has 0 atom stereocenters. The van der Waals surface area contributed by atoms with Gasteiger partial charge in [-0.1, -0.05) is 13.8 Å². The minimum Gasteiger partial charge on any atom is -0.476 e. The minimum absolute atomic E-state index is 0.469. The van der Waals surface area contributed by atoms with Crippen molar-refractivity contribution in [2.24, 2.45) is 5.92 Å². The third-order valence-electron chi connectivity index (χ3n) is 2.81. The smallest absolute Gasteiger partial charge is 0.242 e. The molecule has 0 spiro atoms. The highest BCUT2D eigenvalue weighted by Crippen LogP contribution is 2.28. The number of aromatic nitrogens is 2. The fraction of sp³-hybridized carbons (Fsp3) is 0.714. The third-order valence-corrected chi connectivity index (χ3v) is 2.81. The average Bonchev–Trinajstić information content (AvgIpc) is 2.37. The first kappa shape index (κ1) is 16.5. The lowest BCUT2D eigenvalue weighted by atomic mass is 10.2. The van der Waals surface area contributed by atoms with Crippen LogP contribution in [0.15, 0.2) is 6.33 Å². The van der Waals surface area contributed by atoms with Gasteiger partial charge in [-0.25, -0.2) is 4.98 Å². The predicted octanol–water partition coefficient (Wildman–Crippen LogP) is 1.48. The van der Waals surface area contributed by atoms with Gasteiger partial charge in [0, 0.05) is 19.6 Å². The van der Waals surface area contributed by atoms with Crippen LogP contribution in [-0.2, 0) is 0 Å². The molecule has 20 heavy (non-hydrogen) atoms. The Hall–Kier alpha value is -1.56. The van der Waals surface area contributed by atoms with Crippen LogP contribution in [0.4, 0.5) is 11.5 Å². The summed E-state index contributed by atoms with van der Waals surface area (Å²) < 4.78 is 5.44. The van der Waals surface area contributed by atoms with Crippen molar-refractivity contribution in [3.63, 3.8) is 0 Å². The zero-order valence-corrected chi connectivity index (χ0v) is 13.3. The van der Waals surface area contributed by atoms with E-state index in [1.807, 2.05) is 6.92 Å². The number of hydrogen-bond acceptors (Lipinski definition) is 6. The maximum absolute atomic E-state index is 6.15. The van der Waals surface area contributed by atoms with Crippen molar-refractivity contribution in [1.82, 2.24) is 14.9 Å². The van der Waals surface area contributed by atoms with Crippen LogP contribution in [0.5, 0.6) is 5.88 Å². The molecule has 114 valence electrons. The monoisotopic (exact) mass is 281 g/mol. The highest BCUT2D eigenvalue weighted by Gasteiger charge is 2.17. The molecule has 0 unspecified atom stereocenters. The van der Waals surface area contributed by atoms with Crippen molar-refractivity contribution in [2.45, 2.75) is 20.8 Å². The number of hydrogen-bond donors (Lipinski definition) is 1. The Balaban J connectivity index is 2.96. The third kappa shape index (κ3) is 4.85.